The molecule has 4 heteroatoms. The molecule has 104 valence electrons. The van der Waals surface area contributed by atoms with E-state index in [9.17, 15) is 4.79 Å². The number of carbonyl (C=O) groups is 1. The summed E-state index contributed by atoms with van der Waals surface area (Å²) in [7, 11) is 1.63. The molecule has 1 aromatic carbocycles. The van der Waals surface area contributed by atoms with Gasteiger partial charge in [-0.3, -0.25) is 0 Å². The van der Waals surface area contributed by atoms with Crippen LogP contribution in [0.4, 0.5) is 0 Å². The van der Waals surface area contributed by atoms with Gasteiger partial charge in [0.05, 0.1) is 13.2 Å². The summed E-state index contributed by atoms with van der Waals surface area (Å²) in [6.07, 6.45) is 1.78. The van der Waals surface area contributed by atoms with Crippen molar-refractivity contribution < 1.29 is 19.0 Å². The lowest BCUT2D eigenvalue weighted by molar-refractivity contribution is -0.138. The quantitative estimate of drug-likeness (QED) is 0.431. The Morgan fingerprint density at radius 2 is 2.11 bits per heavy atom. The van der Waals surface area contributed by atoms with Gasteiger partial charge in [0, 0.05) is 12.7 Å². The molecule has 0 saturated carbocycles. The highest BCUT2D eigenvalue weighted by atomic mass is 16.5. The maximum atomic E-state index is 11.5. The Labute approximate surface area is 114 Å². The number of ether oxygens (including phenoxy) is 3. The van der Waals surface area contributed by atoms with Gasteiger partial charge in [0.2, 0.25) is 0 Å². The Balaban J connectivity index is 2.70. The van der Waals surface area contributed by atoms with Gasteiger partial charge in [0.25, 0.3) is 0 Å². The first kappa shape index (κ1) is 15.2. The van der Waals surface area contributed by atoms with Crippen LogP contribution in [0.25, 0.3) is 6.08 Å². The molecule has 0 unspecified atom stereocenters. The summed E-state index contributed by atoms with van der Waals surface area (Å²) in [6.45, 7) is 4.94. The zero-order valence-corrected chi connectivity index (χ0v) is 11.6. The van der Waals surface area contributed by atoms with Crippen LogP contribution in [0, 0.1) is 0 Å². The molecule has 0 atom stereocenters. The van der Waals surface area contributed by atoms with E-state index in [0.717, 1.165) is 11.3 Å². The molecule has 1 aromatic rings. The number of hydrogen-bond acceptors (Lipinski definition) is 4. The predicted molar refractivity (Wildman–Crippen MR) is 74.1 cm³/mol. The lowest BCUT2D eigenvalue weighted by atomic mass is 10.1. The van der Waals surface area contributed by atoms with E-state index < -0.39 is 0 Å². The van der Waals surface area contributed by atoms with Gasteiger partial charge in [-0.05, 0) is 37.6 Å². The molecule has 0 aliphatic heterocycles. The number of methoxy groups -OCH3 is 1. The summed E-state index contributed by atoms with van der Waals surface area (Å²) < 4.78 is 15.4. The molecule has 1 rings (SSSR count). The smallest absolute Gasteiger partial charge is 0.333 e. The Kier molecular flexibility index (Phi) is 6.68. The maximum absolute atomic E-state index is 11.5. The number of rotatable bonds is 7. The van der Waals surface area contributed by atoms with Crippen molar-refractivity contribution in [1.82, 2.24) is 0 Å². The second-order valence-electron chi connectivity index (χ2n) is 3.96. The molecule has 0 heterocycles. The van der Waals surface area contributed by atoms with E-state index in [1.54, 1.807) is 27.0 Å². The number of esters is 1. The van der Waals surface area contributed by atoms with Gasteiger partial charge in [0.15, 0.2) is 0 Å². The molecule has 0 saturated heterocycles. The Bertz CT molecular complexity index is 438. The minimum absolute atomic E-state index is 0.298. The van der Waals surface area contributed by atoms with Gasteiger partial charge in [-0.1, -0.05) is 12.1 Å². The van der Waals surface area contributed by atoms with E-state index in [-0.39, 0.29) is 5.97 Å². The van der Waals surface area contributed by atoms with E-state index >= 15 is 0 Å². The van der Waals surface area contributed by atoms with Crippen molar-refractivity contribution in [2.24, 2.45) is 0 Å². The Morgan fingerprint density at radius 3 is 2.79 bits per heavy atom. The molecule has 0 bridgehead atoms. The van der Waals surface area contributed by atoms with Crippen LogP contribution in [-0.4, -0.2) is 32.9 Å². The van der Waals surface area contributed by atoms with Crippen molar-refractivity contribution in [2.45, 2.75) is 13.8 Å². The summed E-state index contributed by atoms with van der Waals surface area (Å²) in [6, 6.07) is 7.53. The number of carbonyl (C=O) groups excluding carboxylic acids is 1. The van der Waals surface area contributed by atoms with Gasteiger partial charge in [-0.2, -0.15) is 0 Å². The van der Waals surface area contributed by atoms with Crippen LogP contribution in [0.3, 0.4) is 0 Å². The molecule has 4 nitrogen and oxygen atoms in total. The molecule has 0 aliphatic carbocycles. The predicted octanol–water partition coefficient (Wildman–Crippen LogP) is 2.68. The molecular formula is C15H20O4. The van der Waals surface area contributed by atoms with Gasteiger partial charge < -0.3 is 14.2 Å². The van der Waals surface area contributed by atoms with Gasteiger partial charge in [0.1, 0.15) is 12.4 Å². The minimum Gasteiger partial charge on any atom is -0.491 e. The third-order valence-electron chi connectivity index (χ3n) is 2.39. The van der Waals surface area contributed by atoms with Crippen LogP contribution >= 0.6 is 0 Å². The van der Waals surface area contributed by atoms with Crippen molar-refractivity contribution >= 4 is 12.0 Å². The zero-order valence-electron chi connectivity index (χ0n) is 11.6. The van der Waals surface area contributed by atoms with Gasteiger partial charge in [-0.25, -0.2) is 4.79 Å². The van der Waals surface area contributed by atoms with E-state index in [2.05, 4.69) is 0 Å². The largest absolute Gasteiger partial charge is 0.491 e. The van der Waals surface area contributed by atoms with Crippen LogP contribution in [0.15, 0.2) is 29.8 Å². The first-order valence-corrected chi connectivity index (χ1v) is 6.24. The second-order valence-corrected chi connectivity index (χ2v) is 3.96. The monoisotopic (exact) mass is 264 g/mol. The summed E-state index contributed by atoms with van der Waals surface area (Å²) in [5.41, 5.74) is 1.47. The van der Waals surface area contributed by atoms with Crippen LogP contribution in [-0.2, 0) is 14.3 Å². The Hall–Kier alpha value is -1.81. The minimum atomic E-state index is -0.298. The van der Waals surface area contributed by atoms with Crippen molar-refractivity contribution in [1.29, 1.82) is 0 Å². The summed E-state index contributed by atoms with van der Waals surface area (Å²) in [5, 5.41) is 0. The molecule has 0 spiro atoms. The van der Waals surface area contributed by atoms with Crippen LogP contribution in [0.1, 0.15) is 19.4 Å². The van der Waals surface area contributed by atoms with Crippen molar-refractivity contribution in [3.05, 3.63) is 35.4 Å². The zero-order chi connectivity index (χ0) is 14.1. The molecule has 0 fully saturated rings. The van der Waals surface area contributed by atoms with Crippen molar-refractivity contribution in [2.75, 3.05) is 26.9 Å². The third-order valence-corrected chi connectivity index (χ3v) is 2.39. The highest BCUT2D eigenvalue weighted by molar-refractivity contribution is 5.93. The highest BCUT2D eigenvalue weighted by Gasteiger charge is 2.04. The van der Waals surface area contributed by atoms with Gasteiger partial charge in [-0.15, -0.1) is 0 Å². The molecule has 0 radical (unpaired) electrons. The SMILES string of the molecule is CCOC(=O)C(C)=Cc1cccc(OCCOC)c1. The Morgan fingerprint density at radius 1 is 1.32 bits per heavy atom. The molecule has 0 N–H and O–H groups in total. The average molecular weight is 264 g/mol. The van der Waals surface area contributed by atoms with E-state index in [0.29, 0.717) is 25.4 Å². The van der Waals surface area contributed by atoms with Crippen LogP contribution in [0.5, 0.6) is 5.75 Å². The first-order chi connectivity index (χ1) is 9.17. The summed E-state index contributed by atoms with van der Waals surface area (Å²) in [4.78, 5) is 11.5. The standard InChI is InChI=1S/C15H20O4/c1-4-18-15(16)12(2)10-13-6-5-7-14(11-13)19-9-8-17-3/h5-7,10-11H,4,8-9H2,1-3H3. The van der Waals surface area contributed by atoms with E-state index in [1.807, 2.05) is 24.3 Å². The molecule has 19 heavy (non-hydrogen) atoms. The summed E-state index contributed by atoms with van der Waals surface area (Å²) in [5.74, 6) is 0.454. The van der Waals surface area contributed by atoms with Crippen molar-refractivity contribution in [3.63, 3.8) is 0 Å². The lowest BCUT2D eigenvalue weighted by Gasteiger charge is -2.06. The highest BCUT2D eigenvalue weighted by Crippen LogP contribution is 2.16. The van der Waals surface area contributed by atoms with Crippen LogP contribution in [0.2, 0.25) is 0 Å². The molecule has 0 aromatic heterocycles. The van der Waals surface area contributed by atoms with E-state index in [4.69, 9.17) is 14.2 Å². The summed E-state index contributed by atoms with van der Waals surface area (Å²) >= 11 is 0. The maximum Gasteiger partial charge on any atom is 0.333 e. The molecule has 0 aliphatic rings. The third kappa shape index (κ3) is 5.57. The molecule has 0 amide bonds. The number of hydrogen-bond donors (Lipinski definition) is 0. The van der Waals surface area contributed by atoms with Gasteiger partial charge >= 0.3 is 5.97 Å². The van der Waals surface area contributed by atoms with Crippen LogP contribution < -0.4 is 4.74 Å². The topological polar surface area (TPSA) is 44.8 Å². The second kappa shape index (κ2) is 8.32. The molecular weight excluding hydrogens is 244 g/mol. The average Bonchev–Trinajstić information content (AvgIpc) is 2.40. The lowest BCUT2D eigenvalue weighted by Crippen LogP contribution is -2.05. The fourth-order valence-corrected chi connectivity index (χ4v) is 1.49. The normalized spacial score (nSPS) is 11.2. The number of benzene rings is 1. The fraction of sp³-hybridized carbons (Fsp3) is 0.400. The fourth-order valence-electron chi connectivity index (χ4n) is 1.49. The van der Waals surface area contributed by atoms with E-state index in [1.165, 1.54) is 0 Å². The van der Waals surface area contributed by atoms with Crippen molar-refractivity contribution in [3.8, 4) is 5.75 Å². The first-order valence-electron chi connectivity index (χ1n) is 6.24.